The van der Waals surface area contributed by atoms with Gasteiger partial charge in [0.05, 0.1) is 18.4 Å². The number of ether oxygens (including phenoxy) is 1. The highest BCUT2D eigenvalue weighted by atomic mass is 35.5. The molecule has 2 rings (SSSR count). The molecule has 0 fully saturated rings. The van der Waals surface area contributed by atoms with Gasteiger partial charge in [0, 0.05) is 21.8 Å². The second-order valence-corrected chi connectivity index (χ2v) is 4.68. The lowest BCUT2D eigenvalue weighted by molar-refractivity contribution is 0.415. The number of nitrogens with zero attached hydrogens (tertiary/aromatic N) is 1. The molecule has 0 aromatic heterocycles. The van der Waals surface area contributed by atoms with E-state index in [1.165, 1.54) is 0 Å². The van der Waals surface area contributed by atoms with E-state index in [9.17, 15) is 0 Å². The Kier molecular flexibility index (Phi) is 4.16. The molecule has 0 atom stereocenters. The fraction of sp³-hybridized carbons (Fsp3) is 0.0714. The van der Waals surface area contributed by atoms with Crippen molar-refractivity contribution in [2.45, 2.75) is 0 Å². The first-order chi connectivity index (χ1) is 9.12. The van der Waals surface area contributed by atoms with E-state index in [1.54, 1.807) is 43.5 Å². The second kappa shape index (κ2) is 5.83. The van der Waals surface area contributed by atoms with Crippen molar-refractivity contribution < 1.29 is 4.74 Å². The molecule has 0 radical (unpaired) electrons. The van der Waals surface area contributed by atoms with Gasteiger partial charge in [-0.25, -0.2) is 0 Å². The Morgan fingerprint density at radius 3 is 2.37 bits per heavy atom. The second-order valence-electron chi connectivity index (χ2n) is 3.81. The number of nitriles is 1. The minimum Gasteiger partial charge on any atom is -0.497 e. The van der Waals surface area contributed by atoms with Crippen LogP contribution < -0.4 is 10.1 Å². The molecule has 0 aliphatic rings. The van der Waals surface area contributed by atoms with Crippen molar-refractivity contribution in [2.75, 3.05) is 12.4 Å². The van der Waals surface area contributed by atoms with Crippen molar-refractivity contribution in [3.8, 4) is 11.8 Å². The highest BCUT2D eigenvalue weighted by Gasteiger charge is 2.06. The van der Waals surface area contributed by atoms with Crippen LogP contribution in [-0.4, -0.2) is 7.11 Å². The number of methoxy groups -OCH3 is 1. The Hall–Kier alpha value is -1.89. The number of hydrogen-bond acceptors (Lipinski definition) is 3. The first-order valence-corrected chi connectivity index (χ1v) is 6.19. The topological polar surface area (TPSA) is 45.0 Å². The molecule has 0 heterocycles. The molecule has 0 saturated heterocycles. The van der Waals surface area contributed by atoms with Crippen LogP contribution in [0.2, 0.25) is 10.0 Å². The highest BCUT2D eigenvalue weighted by molar-refractivity contribution is 6.35. The number of hydrogen-bond donors (Lipinski definition) is 1. The minimum atomic E-state index is 0.511. The molecule has 0 amide bonds. The average Bonchev–Trinajstić information content (AvgIpc) is 2.37. The molecule has 1 N–H and O–H groups in total. The van der Waals surface area contributed by atoms with E-state index < -0.39 is 0 Å². The van der Waals surface area contributed by atoms with E-state index in [0.717, 1.165) is 0 Å². The van der Waals surface area contributed by atoms with Crippen LogP contribution >= 0.6 is 23.2 Å². The van der Waals surface area contributed by atoms with Gasteiger partial charge >= 0.3 is 0 Å². The SMILES string of the molecule is COc1ccc(C#N)c(Nc2cc(Cl)cc(Cl)c2)c1. The molecule has 96 valence electrons. The van der Waals surface area contributed by atoms with Crippen LogP contribution in [-0.2, 0) is 0 Å². The van der Waals surface area contributed by atoms with Crippen LogP contribution in [0.4, 0.5) is 11.4 Å². The third kappa shape index (κ3) is 3.31. The van der Waals surface area contributed by atoms with E-state index in [0.29, 0.717) is 32.7 Å². The summed E-state index contributed by atoms with van der Waals surface area (Å²) in [6, 6.07) is 12.4. The summed E-state index contributed by atoms with van der Waals surface area (Å²) in [6.45, 7) is 0. The Bertz CT molecular complexity index is 630. The molecule has 0 saturated carbocycles. The lowest BCUT2D eigenvalue weighted by Crippen LogP contribution is -1.95. The number of rotatable bonds is 3. The molecular formula is C14H10Cl2N2O. The quantitative estimate of drug-likeness (QED) is 0.898. The van der Waals surface area contributed by atoms with E-state index >= 15 is 0 Å². The van der Waals surface area contributed by atoms with Crippen molar-refractivity contribution in [1.82, 2.24) is 0 Å². The average molecular weight is 293 g/mol. The summed E-state index contributed by atoms with van der Waals surface area (Å²) >= 11 is 11.9. The summed E-state index contributed by atoms with van der Waals surface area (Å²) in [4.78, 5) is 0. The van der Waals surface area contributed by atoms with Gasteiger partial charge in [-0.05, 0) is 30.3 Å². The fourth-order valence-electron chi connectivity index (χ4n) is 1.63. The molecule has 5 heteroatoms. The Labute approximate surface area is 121 Å². The first-order valence-electron chi connectivity index (χ1n) is 5.43. The largest absolute Gasteiger partial charge is 0.497 e. The van der Waals surface area contributed by atoms with Gasteiger partial charge in [0.15, 0.2) is 0 Å². The molecule has 0 aliphatic carbocycles. The molecule has 0 spiro atoms. The molecule has 2 aromatic rings. The normalized spacial score (nSPS) is 9.79. The summed E-state index contributed by atoms with van der Waals surface area (Å²) in [7, 11) is 1.57. The van der Waals surface area contributed by atoms with E-state index in [4.69, 9.17) is 33.2 Å². The van der Waals surface area contributed by atoms with Crippen molar-refractivity contribution in [2.24, 2.45) is 0 Å². The van der Waals surface area contributed by atoms with Crippen LogP contribution in [0.15, 0.2) is 36.4 Å². The Morgan fingerprint density at radius 1 is 1.11 bits per heavy atom. The van der Waals surface area contributed by atoms with Gasteiger partial charge in [-0.3, -0.25) is 0 Å². The summed E-state index contributed by atoms with van der Waals surface area (Å²) in [6.07, 6.45) is 0. The zero-order valence-corrected chi connectivity index (χ0v) is 11.6. The smallest absolute Gasteiger partial charge is 0.121 e. The van der Waals surface area contributed by atoms with E-state index in [1.807, 2.05) is 0 Å². The zero-order chi connectivity index (χ0) is 13.8. The summed E-state index contributed by atoms with van der Waals surface area (Å²) < 4.78 is 5.14. The molecule has 2 aromatic carbocycles. The summed E-state index contributed by atoms with van der Waals surface area (Å²) in [5.41, 5.74) is 1.86. The molecule has 0 aliphatic heterocycles. The number of halogens is 2. The molecule has 0 unspecified atom stereocenters. The van der Waals surface area contributed by atoms with E-state index in [-0.39, 0.29) is 0 Å². The van der Waals surface area contributed by atoms with Crippen LogP contribution in [0.5, 0.6) is 5.75 Å². The summed E-state index contributed by atoms with van der Waals surface area (Å²) in [5.74, 6) is 0.662. The monoisotopic (exact) mass is 292 g/mol. The zero-order valence-electron chi connectivity index (χ0n) is 10.1. The van der Waals surface area contributed by atoms with Crippen molar-refractivity contribution in [1.29, 1.82) is 5.26 Å². The lowest BCUT2D eigenvalue weighted by Gasteiger charge is -2.10. The lowest BCUT2D eigenvalue weighted by atomic mass is 10.1. The van der Waals surface area contributed by atoms with Gasteiger partial charge in [0.25, 0.3) is 0 Å². The van der Waals surface area contributed by atoms with Gasteiger partial charge in [0.2, 0.25) is 0 Å². The number of nitrogens with one attached hydrogen (secondary N) is 1. The van der Waals surface area contributed by atoms with Crippen LogP contribution in [0.25, 0.3) is 0 Å². The van der Waals surface area contributed by atoms with Gasteiger partial charge in [-0.1, -0.05) is 23.2 Å². The van der Waals surface area contributed by atoms with Crippen molar-refractivity contribution in [3.05, 3.63) is 52.0 Å². The number of benzene rings is 2. The van der Waals surface area contributed by atoms with Gasteiger partial charge in [0.1, 0.15) is 11.8 Å². The molecule has 19 heavy (non-hydrogen) atoms. The van der Waals surface area contributed by atoms with Gasteiger partial charge in [-0.2, -0.15) is 5.26 Å². The summed E-state index contributed by atoms with van der Waals surface area (Å²) in [5, 5.41) is 13.2. The highest BCUT2D eigenvalue weighted by Crippen LogP contribution is 2.28. The maximum Gasteiger partial charge on any atom is 0.121 e. The van der Waals surface area contributed by atoms with Gasteiger partial charge in [-0.15, -0.1) is 0 Å². The Balaban J connectivity index is 2.39. The molecule has 3 nitrogen and oxygen atoms in total. The van der Waals surface area contributed by atoms with Gasteiger partial charge < -0.3 is 10.1 Å². The van der Waals surface area contributed by atoms with Crippen LogP contribution in [0.1, 0.15) is 5.56 Å². The molecular weight excluding hydrogens is 283 g/mol. The van der Waals surface area contributed by atoms with Crippen LogP contribution in [0, 0.1) is 11.3 Å². The third-order valence-corrected chi connectivity index (χ3v) is 2.93. The number of anilines is 2. The van der Waals surface area contributed by atoms with Crippen molar-refractivity contribution in [3.63, 3.8) is 0 Å². The van der Waals surface area contributed by atoms with Crippen LogP contribution in [0.3, 0.4) is 0 Å². The predicted molar refractivity (Wildman–Crippen MR) is 77.5 cm³/mol. The standard InChI is InChI=1S/C14H10Cl2N2O/c1-19-13-3-2-9(8-17)14(7-13)18-12-5-10(15)4-11(16)6-12/h2-7,18H,1H3. The van der Waals surface area contributed by atoms with Crippen molar-refractivity contribution >= 4 is 34.6 Å². The fourth-order valence-corrected chi connectivity index (χ4v) is 2.16. The predicted octanol–water partition coefficient (Wildman–Crippen LogP) is 4.62. The third-order valence-electron chi connectivity index (χ3n) is 2.49. The molecule has 0 bridgehead atoms. The first kappa shape index (κ1) is 13.5. The maximum atomic E-state index is 9.09. The van der Waals surface area contributed by atoms with E-state index in [2.05, 4.69) is 11.4 Å². The Morgan fingerprint density at radius 2 is 1.79 bits per heavy atom. The maximum absolute atomic E-state index is 9.09. The minimum absolute atomic E-state index is 0.511.